The van der Waals surface area contributed by atoms with Crippen molar-refractivity contribution >= 4 is 16.9 Å². The average Bonchev–Trinajstić information content (AvgIpc) is 3.17. The number of carboxylic acid groups (broad SMARTS) is 1. The van der Waals surface area contributed by atoms with Crippen molar-refractivity contribution in [1.29, 1.82) is 0 Å². The highest BCUT2D eigenvalue weighted by Crippen LogP contribution is 2.31. The van der Waals surface area contributed by atoms with Crippen LogP contribution in [0.5, 0.6) is 11.5 Å². The quantitative estimate of drug-likeness (QED) is 0.289. The van der Waals surface area contributed by atoms with Gasteiger partial charge in [-0.25, -0.2) is 9.18 Å². The molecule has 35 heavy (non-hydrogen) atoms. The van der Waals surface area contributed by atoms with Gasteiger partial charge in [0.1, 0.15) is 23.0 Å². The topological polar surface area (TPSA) is 72.7 Å². The Morgan fingerprint density at radius 1 is 1.00 bits per heavy atom. The predicted octanol–water partition coefficient (Wildman–Crippen LogP) is 5.27. The van der Waals surface area contributed by atoms with E-state index in [0.717, 1.165) is 28.6 Å². The Balaban J connectivity index is 1.59. The second-order valence-corrected chi connectivity index (χ2v) is 8.23. The fourth-order valence-corrected chi connectivity index (χ4v) is 4.25. The molecule has 0 atom stereocenters. The summed E-state index contributed by atoms with van der Waals surface area (Å²) in [5.41, 5.74) is 3.66. The van der Waals surface area contributed by atoms with E-state index in [-0.39, 0.29) is 11.5 Å². The number of aromatic nitrogens is 1. The summed E-state index contributed by atoms with van der Waals surface area (Å²) in [5, 5.41) is 14.4. The minimum absolute atomic E-state index is 0.214. The first-order valence-electron chi connectivity index (χ1n) is 11.6. The molecule has 0 saturated heterocycles. The number of nitrogens with one attached hydrogen (secondary N) is 1. The molecule has 2 N–H and O–H groups in total. The minimum atomic E-state index is -1.01. The van der Waals surface area contributed by atoms with Crippen LogP contribution in [-0.2, 0) is 19.5 Å². The highest BCUT2D eigenvalue weighted by molar-refractivity contribution is 5.98. The van der Waals surface area contributed by atoms with E-state index in [1.54, 1.807) is 23.8 Å². The van der Waals surface area contributed by atoms with Crippen LogP contribution in [0.3, 0.4) is 0 Å². The van der Waals surface area contributed by atoms with Gasteiger partial charge in [0.15, 0.2) is 0 Å². The number of halogens is 1. The molecule has 0 fully saturated rings. The lowest BCUT2D eigenvalue weighted by Gasteiger charge is -2.10. The second-order valence-electron chi connectivity index (χ2n) is 8.23. The van der Waals surface area contributed by atoms with Crippen molar-refractivity contribution in [2.24, 2.45) is 0 Å². The Labute approximate surface area is 203 Å². The molecule has 0 aliphatic heterocycles. The van der Waals surface area contributed by atoms with Gasteiger partial charge in [-0.3, -0.25) is 0 Å². The van der Waals surface area contributed by atoms with Gasteiger partial charge in [0, 0.05) is 30.1 Å². The van der Waals surface area contributed by atoms with Gasteiger partial charge < -0.3 is 24.5 Å². The minimum Gasteiger partial charge on any atom is -0.497 e. The van der Waals surface area contributed by atoms with Crippen LogP contribution in [0.1, 0.15) is 34.1 Å². The molecule has 0 aliphatic carbocycles. The lowest BCUT2D eigenvalue weighted by Crippen LogP contribution is -2.19. The van der Waals surface area contributed by atoms with Gasteiger partial charge in [-0.15, -0.1) is 0 Å². The molecule has 1 heterocycles. The van der Waals surface area contributed by atoms with Crippen LogP contribution in [0, 0.1) is 5.82 Å². The molecule has 7 heteroatoms. The Morgan fingerprint density at radius 2 is 1.69 bits per heavy atom. The maximum atomic E-state index is 13.4. The van der Waals surface area contributed by atoms with Crippen LogP contribution in [-0.4, -0.2) is 35.9 Å². The second kappa shape index (κ2) is 11.1. The third-order valence-electron chi connectivity index (χ3n) is 5.96. The number of carboxylic acids is 1. The molecular formula is C28H29FN2O4. The molecule has 0 amide bonds. The number of ether oxygens (including phenoxy) is 2. The van der Waals surface area contributed by atoms with E-state index in [1.165, 1.54) is 17.7 Å². The van der Waals surface area contributed by atoms with Crippen molar-refractivity contribution in [2.45, 2.75) is 26.4 Å². The van der Waals surface area contributed by atoms with Gasteiger partial charge in [0.2, 0.25) is 0 Å². The van der Waals surface area contributed by atoms with Crippen LogP contribution in [0.15, 0.2) is 66.7 Å². The highest BCUT2D eigenvalue weighted by Gasteiger charge is 2.23. The number of carbonyl (C=O) groups is 1. The summed E-state index contributed by atoms with van der Waals surface area (Å²) in [6.07, 6.45) is 0.802. The van der Waals surface area contributed by atoms with Crippen molar-refractivity contribution in [3.05, 3.63) is 94.9 Å². The number of fused-ring (bicyclic) bond motifs is 1. The third-order valence-corrected chi connectivity index (χ3v) is 5.96. The van der Waals surface area contributed by atoms with Gasteiger partial charge in [0.25, 0.3) is 0 Å². The molecule has 0 radical (unpaired) electrons. The molecule has 0 aliphatic rings. The number of benzene rings is 3. The zero-order valence-corrected chi connectivity index (χ0v) is 19.9. The van der Waals surface area contributed by atoms with Crippen molar-refractivity contribution in [1.82, 2.24) is 9.88 Å². The van der Waals surface area contributed by atoms with Gasteiger partial charge in [-0.2, -0.15) is 0 Å². The zero-order chi connectivity index (χ0) is 24.8. The highest BCUT2D eigenvalue weighted by atomic mass is 19.1. The summed E-state index contributed by atoms with van der Waals surface area (Å²) in [6.45, 7) is 3.98. The van der Waals surface area contributed by atoms with E-state index in [0.29, 0.717) is 37.6 Å². The lowest BCUT2D eigenvalue weighted by atomic mass is 10.1. The number of nitrogens with zero attached hydrogens (tertiary/aromatic N) is 1. The first-order chi connectivity index (χ1) is 17.0. The monoisotopic (exact) mass is 476 g/mol. The van der Waals surface area contributed by atoms with Crippen LogP contribution < -0.4 is 14.8 Å². The molecule has 4 aromatic rings. The van der Waals surface area contributed by atoms with Crippen LogP contribution >= 0.6 is 0 Å². The molecule has 0 unspecified atom stereocenters. The van der Waals surface area contributed by atoms with Gasteiger partial charge in [0.05, 0.1) is 19.2 Å². The van der Waals surface area contributed by atoms with Crippen LogP contribution in [0.4, 0.5) is 4.39 Å². The molecule has 182 valence electrons. The van der Waals surface area contributed by atoms with E-state index in [2.05, 4.69) is 5.32 Å². The molecule has 4 rings (SSSR count). The Hall–Kier alpha value is -3.84. The summed E-state index contributed by atoms with van der Waals surface area (Å²) in [7, 11) is 1.58. The van der Waals surface area contributed by atoms with E-state index < -0.39 is 5.97 Å². The van der Waals surface area contributed by atoms with Gasteiger partial charge in [-0.1, -0.05) is 24.3 Å². The van der Waals surface area contributed by atoms with Crippen LogP contribution in [0.2, 0.25) is 0 Å². The van der Waals surface area contributed by atoms with Gasteiger partial charge in [-0.05, 0) is 67.4 Å². The number of hydrogen-bond acceptors (Lipinski definition) is 4. The fraction of sp³-hybridized carbons (Fsp3) is 0.250. The van der Waals surface area contributed by atoms with Crippen molar-refractivity contribution in [2.75, 3.05) is 20.3 Å². The van der Waals surface area contributed by atoms with Gasteiger partial charge >= 0.3 is 5.97 Å². The fourth-order valence-electron chi connectivity index (χ4n) is 4.25. The third kappa shape index (κ3) is 5.63. The zero-order valence-electron chi connectivity index (χ0n) is 19.9. The Morgan fingerprint density at radius 3 is 2.34 bits per heavy atom. The van der Waals surface area contributed by atoms with Crippen molar-refractivity contribution < 1.29 is 23.8 Å². The number of aromatic carboxylic acids is 1. The maximum absolute atomic E-state index is 13.4. The summed E-state index contributed by atoms with van der Waals surface area (Å²) in [5.74, 6) is 0.149. The van der Waals surface area contributed by atoms with E-state index in [1.807, 2.05) is 49.4 Å². The predicted molar refractivity (Wildman–Crippen MR) is 134 cm³/mol. The maximum Gasteiger partial charge on any atom is 0.352 e. The first-order valence-corrected chi connectivity index (χ1v) is 11.6. The SMILES string of the molecule is CCOc1ccc(CCNCc2c(C(=O)O)n(Cc3ccc(F)cc3)c3cc(OC)ccc23)cc1. The molecule has 3 aromatic carbocycles. The Bertz CT molecular complexity index is 1300. The summed E-state index contributed by atoms with van der Waals surface area (Å²) in [6, 6.07) is 19.7. The molecule has 0 saturated carbocycles. The van der Waals surface area contributed by atoms with E-state index in [4.69, 9.17) is 9.47 Å². The first kappa shape index (κ1) is 24.3. The number of methoxy groups -OCH3 is 1. The normalized spacial score (nSPS) is 11.1. The summed E-state index contributed by atoms with van der Waals surface area (Å²) >= 11 is 0. The molecule has 0 spiro atoms. The number of rotatable bonds is 11. The number of hydrogen-bond donors (Lipinski definition) is 2. The standard InChI is InChI=1S/C28H29FN2O4/c1-3-35-22-10-6-19(7-11-22)14-15-30-17-25-24-13-12-23(34-2)16-26(24)31(27(25)28(32)33)18-20-4-8-21(29)9-5-20/h4-13,16,30H,3,14-15,17-18H2,1-2H3,(H,32,33). The van der Waals surface area contributed by atoms with E-state index >= 15 is 0 Å². The summed E-state index contributed by atoms with van der Waals surface area (Å²) in [4.78, 5) is 12.4. The largest absolute Gasteiger partial charge is 0.497 e. The lowest BCUT2D eigenvalue weighted by molar-refractivity contribution is 0.0684. The van der Waals surface area contributed by atoms with Crippen molar-refractivity contribution in [3.63, 3.8) is 0 Å². The molecular weight excluding hydrogens is 447 g/mol. The molecule has 0 bridgehead atoms. The van der Waals surface area contributed by atoms with E-state index in [9.17, 15) is 14.3 Å². The Kier molecular flexibility index (Phi) is 7.67. The molecule has 6 nitrogen and oxygen atoms in total. The average molecular weight is 477 g/mol. The molecule has 1 aromatic heterocycles. The van der Waals surface area contributed by atoms with Crippen LogP contribution in [0.25, 0.3) is 10.9 Å². The van der Waals surface area contributed by atoms with Crippen molar-refractivity contribution in [3.8, 4) is 11.5 Å². The smallest absolute Gasteiger partial charge is 0.352 e. The summed E-state index contributed by atoms with van der Waals surface area (Å²) < 4.78 is 26.0.